The van der Waals surface area contributed by atoms with E-state index in [1.54, 1.807) is 0 Å². The van der Waals surface area contributed by atoms with Gasteiger partial charge in [-0.25, -0.2) is 0 Å². The van der Waals surface area contributed by atoms with Gasteiger partial charge in [-0.05, 0) is 55.9 Å². The van der Waals surface area contributed by atoms with Crippen molar-refractivity contribution in [3.8, 4) is 0 Å². The SMILES string of the molecule is CCOCCCN1Cc2ccc(NC(=O)[C@@H]3CC=CCC3)cc2C1. The summed E-state index contributed by atoms with van der Waals surface area (Å²) in [6.45, 7) is 6.69. The highest BCUT2D eigenvalue weighted by molar-refractivity contribution is 5.92. The second kappa shape index (κ2) is 8.45. The van der Waals surface area contributed by atoms with E-state index in [0.717, 1.165) is 64.2 Å². The summed E-state index contributed by atoms with van der Waals surface area (Å²) >= 11 is 0. The number of anilines is 1. The molecule has 1 amide bonds. The van der Waals surface area contributed by atoms with Gasteiger partial charge in [-0.3, -0.25) is 9.69 Å². The number of rotatable bonds is 7. The standard InChI is InChI=1S/C20H28N2O2/c1-2-24-12-6-11-22-14-17-9-10-19(13-18(17)15-22)21-20(23)16-7-4-3-5-8-16/h3-4,9-10,13,16H,2,5-8,11-12,14-15H2,1H3,(H,21,23)/t16-/m1/s1. The van der Waals surface area contributed by atoms with Gasteiger partial charge in [0, 0.05) is 44.5 Å². The lowest BCUT2D eigenvalue weighted by Gasteiger charge is -2.17. The highest BCUT2D eigenvalue weighted by Crippen LogP contribution is 2.27. The average molecular weight is 328 g/mol. The Labute approximate surface area is 144 Å². The number of carbonyl (C=O) groups excluding carboxylic acids is 1. The number of amides is 1. The number of hydrogen-bond acceptors (Lipinski definition) is 3. The van der Waals surface area contributed by atoms with Crippen molar-refractivity contribution in [2.45, 2.75) is 45.7 Å². The van der Waals surface area contributed by atoms with Crippen LogP contribution in [0.1, 0.15) is 43.7 Å². The van der Waals surface area contributed by atoms with Gasteiger partial charge in [0.25, 0.3) is 0 Å². The van der Waals surface area contributed by atoms with E-state index in [0.29, 0.717) is 0 Å². The van der Waals surface area contributed by atoms with Crippen molar-refractivity contribution < 1.29 is 9.53 Å². The number of ether oxygens (including phenoxy) is 1. The minimum absolute atomic E-state index is 0.123. The Morgan fingerprint density at radius 1 is 1.29 bits per heavy atom. The third-order valence-corrected chi connectivity index (χ3v) is 4.87. The normalized spacial score (nSPS) is 20.1. The van der Waals surface area contributed by atoms with Crippen LogP contribution in [-0.2, 0) is 22.6 Å². The molecule has 1 aromatic carbocycles. The minimum Gasteiger partial charge on any atom is -0.382 e. The maximum atomic E-state index is 12.4. The van der Waals surface area contributed by atoms with Crippen molar-refractivity contribution in [1.82, 2.24) is 4.90 Å². The molecule has 1 heterocycles. The number of benzene rings is 1. The van der Waals surface area contributed by atoms with E-state index >= 15 is 0 Å². The van der Waals surface area contributed by atoms with Crippen LogP contribution in [-0.4, -0.2) is 30.6 Å². The predicted octanol–water partition coefficient (Wildman–Crippen LogP) is 3.72. The van der Waals surface area contributed by atoms with Gasteiger partial charge in [-0.15, -0.1) is 0 Å². The topological polar surface area (TPSA) is 41.6 Å². The molecule has 1 aliphatic carbocycles. The van der Waals surface area contributed by atoms with E-state index in [2.05, 4.69) is 34.5 Å². The molecule has 1 atom stereocenters. The van der Waals surface area contributed by atoms with Crippen LogP contribution in [0.3, 0.4) is 0 Å². The molecule has 0 bridgehead atoms. The van der Waals surface area contributed by atoms with Gasteiger partial charge in [-0.2, -0.15) is 0 Å². The van der Waals surface area contributed by atoms with Crippen LogP contribution in [0, 0.1) is 5.92 Å². The van der Waals surface area contributed by atoms with Crippen LogP contribution in [0.25, 0.3) is 0 Å². The second-order valence-corrected chi connectivity index (χ2v) is 6.72. The molecule has 0 saturated heterocycles. The zero-order chi connectivity index (χ0) is 16.8. The maximum absolute atomic E-state index is 12.4. The molecule has 0 fully saturated rings. The summed E-state index contributed by atoms with van der Waals surface area (Å²) in [6, 6.07) is 6.35. The molecule has 1 aromatic rings. The summed E-state index contributed by atoms with van der Waals surface area (Å²) in [5.74, 6) is 0.282. The van der Waals surface area contributed by atoms with Gasteiger partial charge in [0.1, 0.15) is 0 Å². The number of carbonyl (C=O) groups is 1. The third kappa shape index (κ3) is 4.46. The summed E-state index contributed by atoms with van der Waals surface area (Å²) in [7, 11) is 0. The van der Waals surface area contributed by atoms with E-state index in [1.165, 1.54) is 11.1 Å². The van der Waals surface area contributed by atoms with Crippen LogP contribution < -0.4 is 5.32 Å². The van der Waals surface area contributed by atoms with Gasteiger partial charge >= 0.3 is 0 Å². The molecule has 0 saturated carbocycles. The number of nitrogens with one attached hydrogen (secondary N) is 1. The Hall–Kier alpha value is -1.65. The number of fused-ring (bicyclic) bond motifs is 1. The zero-order valence-corrected chi connectivity index (χ0v) is 14.6. The molecule has 24 heavy (non-hydrogen) atoms. The Morgan fingerprint density at radius 3 is 2.96 bits per heavy atom. The lowest BCUT2D eigenvalue weighted by molar-refractivity contribution is -0.120. The molecule has 0 spiro atoms. The van der Waals surface area contributed by atoms with Crippen LogP contribution in [0.5, 0.6) is 0 Å². The molecule has 0 radical (unpaired) electrons. The fraction of sp³-hybridized carbons (Fsp3) is 0.550. The number of hydrogen-bond donors (Lipinski definition) is 1. The lowest BCUT2D eigenvalue weighted by atomic mass is 9.93. The first kappa shape index (κ1) is 17.2. The molecule has 4 nitrogen and oxygen atoms in total. The van der Waals surface area contributed by atoms with E-state index in [9.17, 15) is 4.79 Å². The van der Waals surface area contributed by atoms with Crippen molar-refractivity contribution in [3.63, 3.8) is 0 Å². The summed E-state index contributed by atoms with van der Waals surface area (Å²) in [6.07, 6.45) is 8.20. The zero-order valence-electron chi connectivity index (χ0n) is 14.6. The first-order chi connectivity index (χ1) is 11.8. The summed E-state index contributed by atoms with van der Waals surface area (Å²) in [5, 5.41) is 3.10. The molecule has 1 N–H and O–H groups in total. The quantitative estimate of drug-likeness (QED) is 0.612. The van der Waals surface area contributed by atoms with Crippen LogP contribution >= 0.6 is 0 Å². The molecule has 0 aromatic heterocycles. The highest BCUT2D eigenvalue weighted by Gasteiger charge is 2.21. The van der Waals surface area contributed by atoms with Gasteiger partial charge < -0.3 is 10.1 Å². The lowest BCUT2D eigenvalue weighted by Crippen LogP contribution is -2.23. The summed E-state index contributed by atoms with van der Waals surface area (Å²) in [4.78, 5) is 14.8. The molecular formula is C20H28N2O2. The van der Waals surface area contributed by atoms with Crippen LogP contribution in [0.4, 0.5) is 5.69 Å². The van der Waals surface area contributed by atoms with Gasteiger partial charge in [-0.1, -0.05) is 18.2 Å². The van der Waals surface area contributed by atoms with Gasteiger partial charge in [0.05, 0.1) is 0 Å². The molecular weight excluding hydrogens is 300 g/mol. The van der Waals surface area contributed by atoms with Gasteiger partial charge in [0.2, 0.25) is 5.91 Å². The van der Waals surface area contributed by atoms with Crippen molar-refractivity contribution in [2.75, 3.05) is 25.1 Å². The van der Waals surface area contributed by atoms with E-state index in [1.807, 2.05) is 13.0 Å². The third-order valence-electron chi connectivity index (χ3n) is 4.87. The smallest absolute Gasteiger partial charge is 0.227 e. The Balaban J connectivity index is 1.52. The van der Waals surface area contributed by atoms with Crippen LogP contribution in [0.2, 0.25) is 0 Å². The largest absolute Gasteiger partial charge is 0.382 e. The fourth-order valence-electron chi connectivity index (χ4n) is 3.51. The first-order valence-electron chi connectivity index (χ1n) is 9.14. The van der Waals surface area contributed by atoms with E-state index in [-0.39, 0.29) is 11.8 Å². The fourth-order valence-corrected chi connectivity index (χ4v) is 3.51. The average Bonchev–Trinajstić information content (AvgIpc) is 3.01. The molecule has 130 valence electrons. The molecule has 1 aliphatic heterocycles. The number of nitrogens with zero attached hydrogens (tertiary/aromatic N) is 1. The molecule has 2 aliphatic rings. The van der Waals surface area contributed by atoms with Crippen LogP contribution in [0.15, 0.2) is 30.4 Å². The minimum atomic E-state index is 0.123. The van der Waals surface area contributed by atoms with E-state index < -0.39 is 0 Å². The monoisotopic (exact) mass is 328 g/mol. The van der Waals surface area contributed by atoms with Crippen molar-refractivity contribution in [2.24, 2.45) is 5.92 Å². The second-order valence-electron chi connectivity index (χ2n) is 6.72. The number of allylic oxidation sites excluding steroid dienone is 2. The predicted molar refractivity (Wildman–Crippen MR) is 96.8 cm³/mol. The maximum Gasteiger partial charge on any atom is 0.227 e. The van der Waals surface area contributed by atoms with E-state index in [4.69, 9.17) is 4.74 Å². The Morgan fingerprint density at radius 2 is 2.17 bits per heavy atom. The summed E-state index contributed by atoms with van der Waals surface area (Å²) < 4.78 is 5.41. The summed E-state index contributed by atoms with van der Waals surface area (Å²) in [5.41, 5.74) is 3.65. The highest BCUT2D eigenvalue weighted by atomic mass is 16.5. The Bertz CT molecular complexity index is 597. The van der Waals surface area contributed by atoms with Crippen molar-refractivity contribution >= 4 is 11.6 Å². The molecule has 0 unspecified atom stereocenters. The molecule has 3 rings (SSSR count). The van der Waals surface area contributed by atoms with Crippen molar-refractivity contribution in [1.29, 1.82) is 0 Å². The van der Waals surface area contributed by atoms with Gasteiger partial charge in [0.15, 0.2) is 0 Å². The molecule has 4 heteroatoms. The Kier molecular flexibility index (Phi) is 6.05. The first-order valence-corrected chi connectivity index (χ1v) is 9.14. The van der Waals surface area contributed by atoms with Crippen molar-refractivity contribution in [3.05, 3.63) is 41.5 Å².